The van der Waals surface area contributed by atoms with Crippen LogP contribution in [0, 0.1) is 11.8 Å². The van der Waals surface area contributed by atoms with Crippen molar-refractivity contribution in [3.63, 3.8) is 0 Å². The molecule has 136 valence electrons. The summed E-state index contributed by atoms with van der Waals surface area (Å²) in [5.41, 5.74) is 0. The molecule has 0 aromatic rings. The SMILES string of the molecule is CC1CC(C)CN(C(=O)CN2CCN(C(=O)C3CCCN3)CC2)C1. The fourth-order valence-corrected chi connectivity index (χ4v) is 4.40. The number of rotatable bonds is 3. The fraction of sp³-hybridized carbons (Fsp3) is 0.889. The Balaban J connectivity index is 1.43. The average molecular weight is 336 g/mol. The van der Waals surface area contributed by atoms with Gasteiger partial charge in [0.15, 0.2) is 0 Å². The fourth-order valence-electron chi connectivity index (χ4n) is 4.40. The number of nitrogens with zero attached hydrogens (tertiary/aromatic N) is 3. The van der Waals surface area contributed by atoms with Crippen molar-refractivity contribution in [2.75, 3.05) is 52.4 Å². The summed E-state index contributed by atoms with van der Waals surface area (Å²) >= 11 is 0. The molecule has 3 rings (SSSR count). The Labute approximate surface area is 145 Å². The van der Waals surface area contributed by atoms with Gasteiger partial charge >= 0.3 is 0 Å². The number of carbonyl (C=O) groups is 2. The second kappa shape index (κ2) is 7.83. The van der Waals surface area contributed by atoms with Crippen LogP contribution in [0.15, 0.2) is 0 Å². The maximum atomic E-state index is 12.6. The minimum atomic E-state index is 0.0227. The Morgan fingerprint density at radius 2 is 1.67 bits per heavy atom. The van der Waals surface area contributed by atoms with Crippen molar-refractivity contribution >= 4 is 11.8 Å². The highest BCUT2D eigenvalue weighted by Crippen LogP contribution is 2.21. The Bertz CT molecular complexity index is 446. The third kappa shape index (κ3) is 4.28. The first-order valence-corrected chi connectivity index (χ1v) is 9.55. The first-order valence-electron chi connectivity index (χ1n) is 9.55. The molecule has 0 aromatic carbocycles. The molecule has 0 radical (unpaired) electrons. The van der Waals surface area contributed by atoms with Gasteiger partial charge in [-0.15, -0.1) is 0 Å². The van der Waals surface area contributed by atoms with Crippen LogP contribution in [0.1, 0.15) is 33.1 Å². The van der Waals surface area contributed by atoms with Gasteiger partial charge in [-0.05, 0) is 37.6 Å². The molecule has 3 atom stereocenters. The van der Waals surface area contributed by atoms with Gasteiger partial charge in [0.25, 0.3) is 0 Å². The van der Waals surface area contributed by atoms with E-state index in [1.54, 1.807) is 0 Å². The highest BCUT2D eigenvalue weighted by atomic mass is 16.2. The van der Waals surface area contributed by atoms with Crippen molar-refractivity contribution in [3.8, 4) is 0 Å². The molecule has 3 saturated heterocycles. The molecule has 0 bridgehead atoms. The molecule has 3 aliphatic heterocycles. The van der Waals surface area contributed by atoms with Crippen LogP contribution in [0.3, 0.4) is 0 Å². The topological polar surface area (TPSA) is 55.9 Å². The molecule has 0 spiro atoms. The molecule has 1 N–H and O–H groups in total. The maximum Gasteiger partial charge on any atom is 0.239 e. The second-order valence-corrected chi connectivity index (χ2v) is 8.00. The highest BCUT2D eigenvalue weighted by Gasteiger charge is 2.31. The molecule has 3 aliphatic rings. The Hall–Kier alpha value is -1.14. The lowest BCUT2D eigenvalue weighted by Gasteiger charge is -2.38. The first-order chi connectivity index (χ1) is 11.5. The summed E-state index contributed by atoms with van der Waals surface area (Å²) in [6.07, 6.45) is 3.28. The summed E-state index contributed by atoms with van der Waals surface area (Å²) in [6.45, 7) is 10.8. The average Bonchev–Trinajstić information content (AvgIpc) is 3.08. The predicted octanol–water partition coefficient (Wildman–Crippen LogP) is 0.387. The number of carbonyl (C=O) groups excluding carboxylic acids is 2. The van der Waals surface area contributed by atoms with E-state index >= 15 is 0 Å². The predicted molar refractivity (Wildman–Crippen MR) is 93.6 cm³/mol. The third-order valence-corrected chi connectivity index (χ3v) is 5.62. The summed E-state index contributed by atoms with van der Waals surface area (Å²) < 4.78 is 0. The van der Waals surface area contributed by atoms with E-state index in [4.69, 9.17) is 0 Å². The van der Waals surface area contributed by atoms with Crippen molar-refractivity contribution in [1.82, 2.24) is 20.0 Å². The van der Waals surface area contributed by atoms with E-state index in [-0.39, 0.29) is 17.9 Å². The molecule has 0 aromatic heterocycles. The van der Waals surface area contributed by atoms with E-state index < -0.39 is 0 Å². The van der Waals surface area contributed by atoms with Crippen LogP contribution in [-0.2, 0) is 9.59 Å². The van der Waals surface area contributed by atoms with Crippen LogP contribution in [0.25, 0.3) is 0 Å². The van der Waals surface area contributed by atoms with Gasteiger partial charge in [0.1, 0.15) is 0 Å². The molecule has 0 saturated carbocycles. The third-order valence-electron chi connectivity index (χ3n) is 5.62. The molecule has 3 unspecified atom stereocenters. The quantitative estimate of drug-likeness (QED) is 0.810. The van der Waals surface area contributed by atoms with Crippen molar-refractivity contribution in [2.24, 2.45) is 11.8 Å². The molecular formula is C18H32N4O2. The summed E-state index contributed by atoms with van der Waals surface area (Å²) in [4.78, 5) is 31.2. The number of likely N-dealkylation sites (tertiary alicyclic amines) is 1. The smallest absolute Gasteiger partial charge is 0.239 e. The van der Waals surface area contributed by atoms with Gasteiger partial charge in [0, 0.05) is 39.3 Å². The summed E-state index contributed by atoms with van der Waals surface area (Å²) in [6, 6.07) is 0.0227. The van der Waals surface area contributed by atoms with Crippen LogP contribution >= 0.6 is 0 Å². The first kappa shape index (κ1) is 17.7. The minimum Gasteiger partial charge on any atom is -0.341 e. The molecule has 0 aliphatic carbocycles. The molecule has 6 nitrogen and oxygen atoms in total. The number of amides is 2. The van der Waals surface area contributed by atoms with Gasteiger partial charge in [0.2, 0.25) is 11.8 Å². The molecule has 3 heterocycles. The summed E-state index contributed by atoms with van der Waals surface area (Å²) in [7, 11) is 0. The number of nitrogens with one attached hydrogen (secondary N) is 1. The van der Waals surface area contributed by atoms with E-state index in [2.05, 4.69) is 24.1 Å². The zero-order valence-electron chi connectivity index (χ0n) is 15.2. The number of piperazine rings is 1. The van der Waals surface area contributed by atoms with Gasteiger partial charge in [-0.3, -0.25) is 14.5 Å². The standard InChI is InChI=1S/C18H32N4O2/c1-14-10-15(2)12-22(11-14)17(23)13-20-6-8-21(9-7-20)18(24)16-4-3-5-19-16/h14-16,19H,3-13H2,1-2H3. The van der Waals surface area contributed by atoms with E-state index in [0.29, 0.717) is 18.4 Å². The lowest BCUT2D eigenvalue weighted by molar-refractivity contribution is -0.137. The van der Waals surface area contributed by atoms with Gasteiger partial charge in [0.05, 0.1) is 12.6 Å². The van der Waals surface area contributed by atoms with Crippen LogP contribution in [-0.4, -0.2) is 84.9 Å². The van der Waals surface area contributed by atoms with Crippen molar-refractivity contribution in [2.45, 2.75) is 39.2 Å². The Kier molecular flexibility index (Phi) is 5.76. The van der Waals surface area contributed by atoms with Gasteiger partial charge in [-0.2, -0.15) is 0 Å². The lowest BCUT2D eigenvalue weighted by atomic mass is 9.92. The summed E-state index contributed by atoms with van der Waals surface area (Å²) in [5, 5.41) is 3.28. The van der Waals surface area contributed by atoms with Gasteiger partial charge in [-0.25, -0.2) is 0 Å². The van der Waals surface area contributed by atoms with E-state index in [0.717, 1.165) is 58.7 Å². The van der Waals surface area contributed by atoms with Crippen molar-refractivity contribution < 1.29 is 9.59 Å². The number of hydrogen-bond donors (Lipinski definition) is 1. The molecule has 3 fully saturated rings. The summed E-state index contributed by atoms with van der Waals surface area (Å²) in [5.74, 6) is 1.71. The molecule has 2 amide bonds. The second-order valence-electron chi connectivity index (χ2n) is 8.00. The van der Waals surface area contributed by atoms with E-state index in [1.807, 2.05) is 9.80 Å². The number of hydrogen-bond acceptors (Lipinski definition) is 4. The van der Waals surface area contributed by atoms with Crippen LogP contribution in [0.2, 0.25) is 0 Å². The van der Waals surface area contributed by atoms with Crippen molar-refractivity contribution in [3.05, 3.63) is 0 Å². The van der Waals surface area contributed by atoms with Crippen LogP contribution in [0.4, 0.5) is 0 Å². The monoisotopic (exact) mass is 336 g/mol. The van der Waals surface area contributed by atoms with Gasteiger partial charge < -0.3 is 15.1 Å². The maximum absolute atomic E-state index is 12.6. The normalized spacial score (nSPS) is 32.2. The van der Waals surface area contributed by atoms with E-state index in [9.17, 15) is 9.59 Å². The Morgan fingerprint density at radius 1 is 1.00 bits per heavy atom. The number of piperidine rings is 1. The Morgan fingerprint density at radius 3 is 2.25 bits per heavy atom. The van der Waals surface area contributed by atoms with Crippen LogP contribution < -0.4 is 5.32 Å². The van der Waals surface area contributed by atoms with Gasteiger partial charge in [-0.1, -0.05) is 13.8 Å². The lowest BCUT2D eigenvalue weighted by Crippen LogP contribution is -2.55. The highest BCUT2D eigenvalue weighted by molar-refractivity contribution is 5.82. The van der Waals surface area contributed by atoms with E-state index in [1.165, 1.54) is 6.42 Å². The largest absolute Gasteiger partial charge is 0.341 e. The van der Waals surface area contributed by atoms with Crippen molar-refractivity contribution in [1.29, 1.82) is 0 Å². The zero-order chi connectivity index (χ0) is 17.1. The van der Waals surface area contributed by atoms with Crippen LogP contribution in [0.5, 0.6) is 0 Å². The molecule has 24 heavy (non-hydrogen) atoms. The molecule has 6 heteroatoms. The molecular weight excluding hydrogens is 304 g/mol. The zero-order valence-corrected chi connectivity index (χ0v) is 15.2. The minimum absolute atomic E-state index is 0.0227.